The molecule has 4 rings (SSSR count). The minimum atomic E-state index is -1.36. The third-order valence-corrected chi connectivity index (χ3v) is 5.51. The fourth-order valence-electron chi connectivity index (χ4n) is 2.82. The summed E-state index contributed by atoms with van der Waals surface area (Å²) in [6.07, 6.45) is 6.01. The van der Waals surface area contributed by atoms with Crippen molar-refractivity contribution in [3.05, 3.63) is 72.0 Å². The lowest BCUT2D eigenvalue weighted by atomic mass is 10.2. The molecule has 28 heavy (non-hydrogen) atoms. The van der Waals surface area contributed by atoms with Crippen LogP contribution in [0.2, 0.25) is 0 Å². The van der Waals surface area contributed by atoms with Crippen molar-refractivity contribution < 1.29 is 18.4 Å². The maximum absolute atomic E-state index is 12.8. The van der Waals surface area contributed by atoms with Gasteiger partial charge in [0.2, 0.25) is 0 Å². The van der Waals surface area contributed by atoms with E-state index < -0.39 is 17.1 Å². The molecule has 2 aromatic heterocycles. The van der Waals surface area contributed by atoms with Gasteiger partial charge in [-0.15, -0.1) is 0 Å². The second kappa shape index (κ2) is 7.85. The van der Waals surface area contributed by atoms with Crippen molar-refractivity contribution >= 4 is 21.8 Å². The summed E-state index contributed by atoms with van der Waals surface area (Å²) in [5.74, 6) is 1.38. The number of allylic oxidation sites excluding steroid dienone is 2. The minimum Gasteiger partial charge on any atom is -0.493 e. The van der Waals surface area contributed by atoms with Crippen LogP contribution in [0.25, 0.3) is 11.0 Å². The van der Waals surface area contributed by atoms with E-state index in [0.717, 1.165) is 16.6 Å². The number of hydrogen-bond donors (Lipinski definition) is 1. The van der Waals surface area contributed by atoms with Crippen LogP contribution in [0.5, 0.6) is 5.75 Å². The van der Waals surface area contributed by atoms with E-state index in [1.54, 1.807) is 37.8 Å². The zero-order valence-corrected chi connectivity index (χ0v) is 16.2. The Morgan fingerprint density at radius 3 is 2.96 bits per heavy atom. The van der Waals surface area contributed by atoms with E-state index in [0.29, 0.717) is 22.4 Å². The van der Waals surface area contributed by atoms with Crippen LogP contribution in [0.4, 0.5) is 0 Å². The summed E-state index contributed by atoms with van der Waals surface area (Å²) in [4.78, 5) is 11.9. The van der Waals surface area contributed by atoms with E-state index in [9.17, 15) is 4.21 Å². The fraction of sp³-hybridized carbons (Fsp3) is 0.200. The molecule has 0 bridgehead atoms. The van der Waals surface area contributed by atoms with Gasteiger partial charge in [0.25, 0.3) is 6.29 Å². The first-order chi connectivity index (χ1) is 13.7. The molecule has 1 aromatic carbocycles. The van der Waals surface area contributed by atoms with E-state index in [2.05, 4.69) is 15.0 Å². The molecule has 2 atom stereocenters. The number of pyridine rings is 1. The average molecular weight is 397 g/mol. The second-order valence-electron chi connectivity index (χ2n) is 6.12. The summed E-state index contributed by atoms with van der Waals surface area (Å²) >= 11 is 0. The van der Waals surface area contributed by atoms with Crippen LogP contribution in [0.3, 0.4) is 0 Å². The van der Waals surface area contributed by atoms with Crippen molar-refractivity contribution in [1.82, 2.24) is 15.0 Å². The highest BCUT2D eigenvalue weighted by atomic mass is 32.2. The number of ether oxygens (including phenoxy) is 3. The maximum Gasteiger partial charge on any atom is 0.298 e. The molecule has 0 saturated heterocycles. The van der Waals surface area contributed by atoms with Crippen LogP contribution in [-0.2, 0) is 26.0 Å². The Balaban J connectivity index is 1.54. The molecule has 1 aliphatic rings. The number of hydrogen-bond acceptors (Lipinski definition) is 6. The van der Waals surface area contributed by atoms with Crippen molar-refractivity contribution in [3.8, 4) is 5.75 Å². The molecule has 7 nitrogen and oxygen atoms in total. The third kappa shape index (κ3) is 3.63. The van der Waals surface area contributed by atoms with E-state index in [1.807, 2.05) is 31.2 Å². The van der Waals surface area contributed by atoms with E-state index in [1.165, 1.54) is 0 Å². The summed E-state index contributed by atoms with van der Waals surface area (Å²) in [5, 5.41) is 0.430. The first kappa shape index (κ1) is 18.2. The lowest BCUT2D eigenvalue weighted by molar-refractivity contribution is -0.0384. The van der Waals surface area contributed by atoms with Gasteiger partial charge < -0.3 is 19.2 Å². The molecule has 0 aliphatic carbocycles. The molecule has 0 saturated carbocycles. The number of benzene rings is 1. The Morgan fingerprint density at radius 1 is 1.29 bits per heavy atom. The molecule has 1 N–H and O–H groups in total. The molecule has 0 amide bonds. The summed E-state index contributed by atoms with van der Waals surface area (Å²) in [7, 11) is 0.197. The van der Waals surface area contributed by atoms with Gasteiger partial charge in [-0.1, -0.05) is 12.1 Å². The topological polar surface area (TPSA) is 86.3 Å². The Bertz CT molecular complexity index is 1060. The fourth-order valence-corrected chi connectivity index (χ4v) is 3.92. The Labute approximate surface area is 164 Å². The molecule has 3 heterocycles. The Hall–Kier alpha value is -3.13. The molecule has 8 heteroatoms. The SMILES string of the molecule is COC1=CC=COC1Oc1ccnc(CS(=O)c2nc3ccccc3[nH]2)c1C. The second-order valence-corrected chi connectivity index (χ2v) is 7.48. The van der Waals surface area contributed by atoms with Gasteiger partial charge in [-0.3, -0.25) is 9.19 Å². The molecule has 2 unspecified atom stereocenters. The third-order valence-electron chi connectivity index (χ3n) is 4.35. The van der Waals surface area contributed by atoms with Gasteiger partial charge in [0.15, 0.2) is 10.9 Å². The first-order valence-corrected chi connectivity index (χ1v) is 9.98. The van der Waals surface area contributed by atoms with Gasteiger partial charge in [0, 0.05) is 11.8 Å². The highest BCUT2D eigenvalue weighted by Gasteiger charge is 2.22. The summed E-state index contributed by atoms with van der Waals surface area (Å²) in [6, 6.07) is 9.33. The highest BCUT2D eigenvalue weighted by molar-refractivity contribution is 7.84. The number of imidazole rings is 1. The summed E-state index contributed by atoms with van der Waals surface area (Å²) < 4.78 is 29.5. The van der Waals surface area contributed by atoms with Crippen molar-refractivity contribution in [3.63, 3.8) is 0 Å². The number of H-pyrrole nitrogens is 1. The molecule has 1 aliphatic heterocycles. The quantitative estimate of drug-likeness (QED) is 0.686. The van der Waals surface area contributed by atoms with Crippen LogP contribution in [0, 0.1) is 6.92 Å². The van der Waals surface area contributed by atoms with Gasteiger partial charge >= 0.3 is 0 Å². The van der Waals surface area contributed by atoms with Crippen LogP contribution in [0.1, 0.15) is 11.3 Å². The van der Waals surface area contributed by atoms with Gasteiger partial charge in [-0.05, 0) is 37.3 Å². The molecular weight excluding hydrogens is 378 g/mol. The predicted octanol–water partition coefficient (Wildman–Crippen LogP) is 3.35. The summed E-state index contributed by atoms with van der Waals surface area (Å²) in [5.41, 5.74) is 3.11. The molecule has 0 radical (unpaired) electrons. The van der Waals surface area contributed by atoms with Crippen LogP contribution in [0.15, 0.2) is 65.9 Å². The number of aromatic amines is 1. The van der Waals surface area contributed by atoms with Crippen LogP contribution >= 0.6 is 0 Å². The average Bonchev–Trinajstić information content (AvgIpc) is 3.16. The normalized spacial score (nSPS) is 17.1. The van der Waals surface area contributed by atoms with E-state index in [-0.39, 0.29) is 5.75 Å². The smallest absolute Gasteiger partial charge is 0.298 e. The first-order valence-electron chi connectivity index (χ1n) is 8.66. The lowest BCUT2D eigenvalue weighted by Crippen LogP contribution is -2.24. The molecule has 144 valence electrons. The Morgan fingerprint density at radius 2 is 2.14 bits per heavy atom. The van der Waals surface area contributed by atoms with E-state index in [4.69, 9.17) is 14.2 Å². The van der Waals surface area contributed by atoms with Gasteiger partial charge in [-0.2, -0.15) is 0 Å². The van der Waals surface area contributed by atoms with Crippen LogP contribution in [-0.4, -0.2) is 32.6 Å². The van der Waals surface area contributed by atoms with Crippen molar-refractivity contribution in [2.24, 2.45) is 0 Å². The van der Waals surface area contributed by atoms with E-state index >= 15 is 0 Å². The number of aromatic nitrogens is 3. The highest BCUT2D eigenvalue weighted by Crippen LogP contribution is 2.26. The predicted molar refractivity (Wildman–Crippen MR) is 105 cm³/mol. The molecule has 0 spiro atoms. The number of fused-ring (bicyclic) bond motifs is 1. The largest absolute Gasteiger partial charge is 0.493 e. The molecule has 0 fully saturated rings. The number of para-hydroxylation sites is 2. The van der Waals surface area contributed by atoms with Crippen molar-refractivity contribution in [2.45, 2.75) is 24.1 Å². The molecule has 3 aromatic rings. The number of methoxy groups -OCH3 is 1. The van der Waals surface area contributed by atoms with Crippen LogP contribution < -0.4 is 4.74 Å². The molecular formula is C20H19N3O4S. The number of nitrogens with zero attached hydrogens (tertiary/aromatic N) is 2. The van der Waals surface area contributed by atoms with Crippen molar-refractivity contribution in [2.75, 3.05) is 7.11 Å². The van der Waals surface area contributed by atoms with Gasteiger partial charge in [-0.25, -0.2) is 4.98 Å². The zero-order chi connectivity index (χ0) is 19.5. The lowest BCUT2D eigenvalue weighted by Gasteiger charge is -2.23. The maximum atomic E-state index is 12.8. The standard InChI is InChI=1S/C20H19N3O4S/c1-13-16(12-28(24)20-22-14-6-3-4-7-15(14)23-20)21-10-9-17(13)27-19-18(25-2)8-5-11-26-19/h3-11,19H,12H2,1-2H3,(H,22,23). The van der Waals surface area contributed by atoms with Gasteiger partial charge in [0.05, 0.1) is 46.7 Å². The van der Waals surface area contributed by atoms with Crippen molar-refractivity contribution in [1.29, 1.82) is 0 Å². The zero-order valence-electron chi connectivity index (χ0n) is 15.4. The Kier molecular flexibility index (Phi) is 5.12. The van der Waals surface area contributed by atoms with Gasteiger partial charge in [0.1, 0.15) is 5.75 Å². The minimum absolute atomic E-state index is 0.223. The number of rotatable bonds is 6. The number of nitrogens with one attached hydrogen (secondary N) is 1. The summed E-state index contributed by atoms with van der Waals surface area (Å²) in [6.45, 7) is 1.88. The monoisotopic (exact) mass is 397 g/mol.